The third kappa shape index (κ3) is 4.40. The molecule has 0 amide bonds. The number of nitro groups is 1. The van der Waals surface area contributed by atoms with Gasteiger partial charge in [0.15, 0.2) is 4.34 Å². The number of anilines is 1. The summed E-state index contributed by atoms with van der Waals surface area (Å²) in [6, 6.07) is 5.02. The van der Waals surface area contributed by atoms with Crippen LogP contribution in [0.25, 0.3) is 0 Å². The zero-order chi connectivity index (χ0) is 15.2. The van der Waals surface area contributed by atoms with E-state index in [0.717, 1.165) is 40.1 Å². The monoisotopic (exact) mass is 324 g/mol. The molecule has 0 atom stereocenters. The highest BCUT2D eigenvalue weighted by atomic mass is 32.2. The molecule has 0 saturated carbocycles. The number of rotatable bonds is 7. The first-order valence-corrected chi connectivity index (χ1v) is 8.25. The second-order valence-corrected chi connectivity index (χ2v) is 6.40. The molecule has 0 unspecified atom stereocenters. The largest absolute Gasteiger partial charge is 0.385 e. The first-order chi connectivity index (χ1) is 10.1. The predicted octanol–water partition coefficient (Wildman–Crippen LogP) is 3.98. The topological polar surface area (TPSA) is 81.0 Å². The summed E-state index contributed by atoms with van der Waals surface area (Å²) in [5, 5.41) is 14.2. The first kappa shape index (κ1) is 15.7. The lowest BCUT2D eigenvalue weighted by atomic mass is 10.2. The maximum atomic E-state index is 11.0. The van der Waals surface area contributed by atoms with Gasteiger partial charge in [-0.1, -0.05) is 25.6 Å². The van der Waals surface area contributed by atoms with Gasteiger partial charge >= 0.3 is 0 Å². The highest BCUT2D eigenvalue weighted by Crippen LogP contribution is 2.33. The van der Waals surface area contributed by atoms with Gasteiger partial charge in [-0.2, -0.15) is 4.37 Å². The van der Waals surface area contributed by atoms with Crippen LogP contribution in [0.4, 0.5) is 11.4 Å². The molecule has 112 valence electrons. The van der Waals surface area contributed by atoms with Crippen molar-refractivity contribution in [2.45, 2.75) is 35.9 Å². The lowest BCUT2D eigenvalue weighted by molar-refractivity contribution is -0.385. The smallest absolute Gasteiger partial charge is 0.272 e. The molecule has 21 heavy (non-hydrogen) atoms. The minimum atomic E-state index is -0.376. The summed E-state index contributed by atoms with van der Waals surface area (Å²) < 4.78 is 5.02. The van der Waals surface area contributed by atoms with Crippen molar-refractivity contribution in [3.8, 4) is 0 Å². The average molecular weight is 324 g/mol. The molecular formula is C13H16N4O2S2. The number of aromatic nitrogens is 2. The zero-order valence-corrected chi connectivity index (χ0v) is 13.5. The highest BCUT2D eigenvalue weighted by Gasteiger charge is 2.12. The summed E-state index contributed by atoms with van der Waals surface area (Å²) in [7, 11) is 0. The molecule has 1 heterocycles. The maximum absolute atomic E-state index is 11.0. The summed E-state index contributed by atoms with van der Waals surface area (Å²) >= 11 is 2.72. The van der Waals surface area contributed by atoms with E-state index >= 15 is 0 Å². The maximum Gasteiger partial charge on any atom is 0.272 e. The van der Waals surface area contributed by atoms with Crippen molar-refractivity contribution in [1.82, 2.24) is 9.36 Å². The van der Waals surface area contributed by atoms with Crippen LogP contribution in [0.1, 0.15) is 26.1 Å². The van der Waals surface area contributed by atoms with Crippen LogP contribution in [0.5, 0.6) is 0 Å². The van der Waals surface area contributed by atoms with E-state index in [1.807, 2.05) is 19.9 Å². The fourth-order valence-corrected chi connectivity index (χ4v) is 3.41. The molecule has 0 spiro atoms. The highest BCUT2D eigenvalue weighted by molar-refractivity contribution is 8.01. The fraction of sp³-hybridized carbons (Fsp3) is 0.385. The SMILES string of the molecule is CCCNc1cc(Sc2nc(CC)ns2)cc([N+](=O)[O-])c1. The van der Waals surface area contributed by atoms with E-state index in [9.17, 15) is 10.1 Å². The van der Waals surface area contributed by atoms with Crippen molar-refractivity contribution in [3.63, 3.8) is 0 Å². The Kier molecular flexibility index (Phi) is 5.51. The van der Waals surface area contributed by atoms with Gasteiger partial charge in [0.25, 0.3) is 5.69 Å². The Morgan fingerprint density at radius 2 is 2.19 bits per heavy atom. The molecule has 0 bridgehead atoms. The summed E-state index contributed by atoms with van der Waals surface area (Å²) in [5.41, 5.74) is 0.840. The molecule has 1 aromatic carbocycles. The molecule has 0 aliphatic heterocycles. The molecule has 0 aliphatic rings. The molecule has 1 aromatic heterocycles. The molecule has 1 N–H and O–H groups in total. The molecule has 0 radical (unpaired) electrons. The number of non-ortho nitro benzene ring substituents is 1. The Balaban J connectivity index is 2.24. The second kappa shape index (κ2) is 7.37. The lowest BCUT2D eigenvalue weighted by Crippen LogP contribution is -2.00. The van der Waals surface area contributed by atoms with Crippen LogP contribution in [0.2, 0.25) is 0 Å². The van der Waals surface area contributed by atoms with E-state index in [4.69, 9.17) is 0 Å². The Morgan fingerprint density at radius 3 is 2.81 bits per heavy atom. The quantitative estimate of drug-likeness (QED) is 0.613. The van der Waals surface area contributed by atoms with Crippen molar-refractivity contribution >= 4 is 34.7 Å². The van der Waals surface area contributed by atoms with Crippen LogP contribution in [-0.2, 0) is 6.42 Å². The van der Waals surface area contributed by atoms with E-state index in [-0.39, 0.29) is 10.6 Å². The van der Waals surface area contributed by atoms with Gasteiger partial charge in [-0.25, -0.2) is 4.98 Å². The molecule has 2 aromatic rings. The van der Waals surface area contributed by atoms with Crippen LogP contribution in [-0.4, -0.2) is 20.8 Å². The third-order valence-corrected chi connectivity index (χ3v) is 4.41. The van der Waals surface area contributed by atoms with Crippen molar-refractivity contribution in [2.75, 3.05) is 11.9 Å². The zero-order valence-electron chi connectivity index (χ0n) is 11.8. The van der Waals surface area contributed by atoms with Gasteiger partial charge in [0.05, 0.1) is 4.92 Å². The van der Waals surface area contributed by atoms with E-state index in [1.165, 1.54) is 23.3 Å². The second-order valence-electron chi connectivity index (χ2n) is 4.33. The minimum Gasteiger partial charge on any atom is -0.385 e. The van der Waals surface area contributed by atoms with Crippen LogP contribution in [0.3, 0.4) is 0 Å². The number of nitro benzene ring substituents is 1. The summed E-state index contributed by atoms with van der Waals surface area (Å²) in [6.45, 7) is 4.83. The van der Waals surface area contributed by atoms with Crippen molar-refractivity contribution in [3.05, 3.63) is 34.1 Å². The van der Waals surface area contributed by atoms with Crippen LogP contribution in [0.15, 0.2) is 27.4 Å². The lowest BCUT2D eigenvalue weighted by Gasteiger charge is -2.06. The Labute approximate surface area is 131 Å². The summed E-state index contributed by atoms with van der Waals surface area (Å²) in [5.74, 6) is 0.803. The number of hydrogen-bond acceptors (Lipinski definition) is 7. The molecule has 6 nitrogen and oxygen atoms in total. The van der Waals surface area contributed by atoms with Gasteiger partial charge in [0.2, 0.25) is 0 Å². The standard InChI is InChI=1S/C13H16N4O2S2/c1-3-5-14-9-6-10(17(18)19)8-11(7-9)20-13-15-12(4-2)16-21-13/h6-8,14H,3-5H2,1-2H3. The van der Waals surface area contributed by atoms with Crippen molar-refractivity contribution < 1.29 is 4.92 Å². The van der Waals surface area contributed by atoms with Gasteiger partial charge < -0.3 is 5.32 Å². The van der Waals surface area contributed by atoms with E-state index < -0.39 is 0 Å². The minimum absolute atomic E-state index is 0.0823. The number of hydrogen-bond donors (Lipinski definition) is 1. The van der Waals surface area contributed by atoms with Gasteiger partial charge in [-0.05, 0) is 24.0 Å². The third-order valence-electron chi connectivity index (χ3n) is 2.65. The number of nitrogens with one attached hydrogen (secondary N) is 1. The van der Waals surface area contributed by atoms with Gasteiger partial charge in [-0.3, -0.25) is 10.1 Å². The average Bonchev–Trinajstić information content (AvgIpc) is 2.92. The normalized spacial score (nSPS) is 10.6. The molecule has 0 aliphatic carbocycles. The fourth-order valence-electron chi connectivity index (χ4n) is 1.64. The summed E-state index contributed by atoms with van der Waals surface area (Å²) in [6.07, 6.45) is 1.75. The Morgan fingerprint density at radius 1 is 1.38 bits per heavy atom. The first-order valence-electron chi connectivity index (χ1n) is 6.66. The molecule has 2 rings (SSSR count). The van der Waals surface area contributed by atoms with Crippen LogP contribution < -0.4 is 5.32 Å². The van der Waals surface area contributed by atoms with E-state index in [1.54, 1.807) is 12.1 Å². The van der Waals surface area contributed by atoms with Crippen LogP contribution in [0, 0.1) is 10.1 Å². The molecule has 8 heteroatoms. The number of nitrogens with zero attached hydrogens (tertiary/aromatic N) is 3. The molecular weight excluding hydrogens is 308 g/mol. The van der Waals surface area contributed by atoms with Crippen molar-refractivity contribution in [2.24, 2.45) is 0 Å². The van der Waals surface area contributed by atoms with E-state index in [2.05, 4.69) is 14.7 Å². The van der Waals surface area contributed by atoms with Gasteiger partial charge in [0.1, 0.15) is 5.82 Å². The van der Waals surface area contributed by atoms with Gasteiger partial charge in [0, 0.05) is 35.7 Å². The van der Waals surface area contributed by atoms with E-state index in [0.29, 0.717) is 0 Å². The van der Waals surface area contributed by atoms with Crippen LogP contribution >= 0.6 is 23.3 Å². The number of benzene rings is 1. The van der Waals surface area contributed by atoms with Crippen molar-refractivity contribution in [1.29, 1.82) is 0 Å². The Bertz CT molecular complexity index is 630. The molecule has 0 saturated heterocycles. The molecule has 0 fully saturated rings. The predicted molar refractivity (Wildman–Crippen MR) is 85.3 cm³/mol. The number of aryl methyl sites for hydroxylation is 1. The Hall–Kier alpha value is -1.67. The van der Waals surface area contributed by atoms with Gasteiger partial charge in [-0.15, -0.1) is 0 Å². The summed E-state index contributed by atoms with van der Waals surface area (Å²) in [4.78, 5) is 15.8.